The van der Waals surface area contributed by atoms with Crippen molar-refractivity contribution in [3.8, 4) is 0 Å². The van der Waals surface area contributed by atoms with E-state index in [2.05, 4.69) is 20.5 Å². The van der Waals surface area contributed by atoms with Crippen molar-refractivity contribution in [3.05, 3.63) is 51.2 Å². The molecule has 1 aromatic carbocycles. The van der Waals surface area contributed by atoms with Crippen LogP contribution in [0.3, 0.4) is 0 Å². The van der Waals surface area contributed by atoms with Crippen LogP contribution in [-0.2, 0) is 6.54 Å². The molecule has 1 aliphatic carbocycles. The Morgan fingerprint density at radius 2 is 2.17 bits per heavy atom. The second-order valence-electron chi connectivity index (χ2n) is 7.43. The smallest absolute Gasteiger partial charge is 0.318 e. The van der Waals surface area contributed by atoms with E-state index in [9.17, 15) is 14.0 Å². The lowest BCUT2D eigenvalue weighted by Gasteiger charge is -2.39. The number of nitrogens with zero attached hydrogens (tertiary/aromatic N) is 4. The van der Waals surface area contributed by atoms with Crippen LogP contribution in [0.2, 0.25) is 5.02 Å². The number of H-pyrrole nitrogens is 1. The number of aromatic amines is 1. The van der Waals surface area contributed by atoms with Gasteiger partial charge in [0.25, 0.3) is 5.56 Å². The molecule has 2 heterocycles. The molecule has 0 spiro atoms. The van der Waals surface area contributed by atoms with Gasteiger partial charge in [0.05, 0.1) is 6.04 Å². The minimum Gasteiger partial charge on any atom is -0.339 e. The number of rotatable bonds is 5. The summed E-state index contributed by atoms with van der Waals surface area (Å²) in [6.45, 7) is 1.40. The maximum Gasteiger partial charge on any atom is 0.318 e. The van der Waals surface area contributed by atoms with Crippen LogP contribution in [0.5, 0.6) is 0 Å². The molecule has 0 bridgehead atoms. The lowest BCUT2D eigenvalue weighted by molar-refractivity contribution is 0.160. The fourth-order valence-electron chi connectivity index (χ4n) is 3.73. The zero-order chi connectivity index (χ0) is 20.4. The first-order chi connectivity index (χ1) is 14.0. The van der Waals surface area contributed by atoms with Crippen molar-refractivity contribution in [2.75, 3.05) is 18.0 Å². The van der Waals surface area contributed by atoms with Gasteiger partial charge < -0.3 is 15.1 Å². The Kier molecular flexibility index (Phi) is 5.66. The van der Waals surface area contributed by atoms with Crippen LogP contribution in [0, 0.1) is 5.82 Å². The van der Waals surface area contributed by atoms with E-state index in [0.29, 0.717) is 23.1 Å². The van der Waals surface area contributed by atoms with Crippen molar-refractivity contribution in [1.82, 2.24) is 25.4 Å². The fourth-order valence-corrected chi connectivity index (χ4v) is 3.89. The highest BCUT2D eigenvalue weighted by atomic mass is 35.5. The van der Waals surface area contributed by atoms with E-state index in [4.69, 9.17) is 11.6 Å². The van der Waals surface area contributed by atoms with Crippen LogP contribution in [-0.4, -0.2) is 51.3 Å². The van der Waals surface area contributed by atoms with E-state index in [-0.39, 0.29) is 30.2 Å². The number of nitrogens with one attached hydrogen (secondary N) is 2. The first kappa shape index (κ1) is 19.6. The molecule has 1 atom stereocenters. The first-order valence-corrected chi connectivity index (χ1v) is 10.1. The lowest BCUT2D eigenvalue weighted by atomic mass is 10.0. The Morgan fingerprint density at radius 3 is 2.90 bits per heavy atom. The standard InChI is InChI=1S/C19H22ClFN6O2/c20-13-4-3-12(16(21)8-13)9-22-19(29)27(14-5-6-14)15-2-1-7-26(11-15)18-24-17(28)10-23-25-18/h3-4,8,10,14-15H,1-2,5-7,9,11H2,(H,22,29)(H,24,25,28). The van der Waals surface area contributed by atoms with Gasteiger partial charge >= 0.3 is 6.03 Å². The van der Waals surface area contributed by atoms with Crippen LogP contribution in [0.25, 0.3) is 0 Å². The van der Waals surface area contributed by atoms with Crippen molar-refractivity contribution in [2.24, 2.45) is 0 Å². The molecule has 2 amide bonds. The van der Waals surface area contributed by atoms with E-state index in [1.165, 1.54) is 6.07 Å². The minimum absolute atomic E-state index is 0.0168. The molecule has 2 fully saturated rings. The molecular weight excluding hydrogens is 399 g/mol. The molecule has 8 nitrogen and oxygen atoms in total. The molecule has 1 aromatic heterocycles. The van der Waals surface area contributed by atoms with E-state index in [1.54, 1.807) is 12.1 Å². The lowest BCUT2D eigenvalue weighted by Crippen LogP contribution is -2.54. The molecule has 29 heavy (non-hydrogen) atoms. The highest BCUT2D eigenvalue weighted by Crippen LogP contribution is 2.32. The van der Waals surface area contributed by atoms with Gasteiger partial charge in [0.15, 0.2) is 0 Å². The summed E-state index contributed by atoms with van der Waals surface area (Å²) < 4.78 is 14.0. The van der Waals surface area contributed by atoms with E-state index in [0.717, 1.165) is 38.4 Å². The molecule has 1 saturated heterocycles. The number of anilines is 1. The summed E-state index contributed by atoms with van der Waals surface area (Å²) >= 11 is 5.78. The SMILES string of the molecule is O=C(NCc1ccc(Cl)cc1F)N(C1CC1)C1CCCN(c2nncc(=O)[nH]2)C1. The Labute approximate surface area is 172 Å². The third-order valence-electron chi connectivity index (χ3n) is 5.27. The van der Waals surface area contributed by atoms with Crippen LogP contribution in [0.4, 0.5) is 15.1 Å². The highest BCUT2D eigenvalue weighted by Gasteiger charge is 2.39. The number of carbonyl (C=O) groups is 1. The average molecular weight is 421 g/mol. The quantitative estimate of drug-likeness (QED) is 0.774. The topological polar surface area (TPSA) is 94.2 Å². The van der Waals surface area contributed by atoms with Crippen LogP contribution in [0.15, 0.2) is 29.2 Å². The number of piperidine rings is 1. The number of benzene rings is 1. The molecule has 1 unspecified atom stereocenters. The summed E-state index contributed by atoms with van der Waals surface area (Å²) in [6.07, 6.45) is 4.78. The van der Waals surface area contributed by atoms with Crippen LogP contribution >= 0.6 is 11.6 Å². The van der Waals surface area contributed by atoms with Gasteiger partial charge in [-0.3, -0.25) is 9.78 Å². The van der Waals surface area contributed by atoms with Gasteiger partial charge in [-0.1, -0.05) is 17.7 Å². The number of hydrogen-bond donors (Lipinski definition) is 2. The summed E-state index contributed by atoms with van der Waals surface area (Å²) in [5.74, 6) is -0.0205. The number of urea groups is 1. The second-order valence-corrected chi connectivity index (χ2v) is 7.87. The number of hydrogen-bond acceptors (Lipinski definition) is 5. The summed E-state index contributed by atoms with van der Waals surface area (Å²) in [4.78, 5) is 31.0. The van der Waals surface area contributed by atoms with Gasteiger partial charge in [0, 0.05) is 36.3 Å². The van der Waals surface area contributed by atoms with Gasteiger partial charge in [0.2, 0.25) is 5.95 Å². The molecule has 4 rings (SSSR count). The summed E-state index contributed by atoms with van der Waals surface area (Å²) in [6, 6.07) is 4.38. The molecule has 1 saturated carbocycles. The van der Waals surface area contributed by atoms with Gasteiger partial charge in [0.1, 0.15) is 12.0 Å². The molecule has 2 N–H and O–H groups in total. The zero-order valence-corrected chi connectivity index (χ0v) is 16.5. The van der Waals surface area contributed by atoms with Gasteiger partial charge in [-0.15, -0.1) is 10.2 Å². The predicted octanol–water partition coefficient (Wildman–Crippen LogP) is 2.30. The van der Waals surface area contributed by atoms with Gasteiger partial charge in [-0.25, -0.2) is 9.18 Å². The molecule has 1 aliphatic heterocycles. The first-order valence-electron chi connectivity index (χ1n) is 9.68. The van der Waals surface area contributed by atoms with E-state index in [1.807, 2.05) is 9.80 Å². The van der Waals surface area contributed by atoms with Crippen molar-refractivity contribution in [3.63, 3.8) is 0 Å². The molecule has 2 aromatic rings. The van der Waals surface area contributed by atoms with E-state index >= 15 is 0 Å². The van der Waals surface area contributed by atoms with Crippen LogP contribution < -0.4 is 15.8 Å². The normalized spacial score (nSPS) is 19.1. The van der Waals surface area contributed by atoms with Crippen molar-refractivity contribution < 1.29 is 9.18 Å². The summed E-state index contributed by atoms with van der Waals surface area (Å²) in [5.41, 5.74) is 0.0832. The summed E-state index contributed by atoms with van der Waals surface area (Å²) in [7, 11) is 0. The Morgan fingerprint density at radius 1 is 1.34 bits per heavy atom. The summed E-state index contributed by atoms with van der Waals surface area (Å²) in [5, 5.41) is 10.9. The largest absolute Gasteiger partial charge is 0.339 e. The van der Waals surface area contributed by atoms with Crippen molar-refractivity contribution in [1.29, 1.82) is 0 Å². The molecule has 154 valence electrons. The highest BCUT2D eigenvalue weighted by molar-refractivity contribution is 6.30. The minimum atomic E-state index is -0.439. The second kappa shape index (κ2) is 8.36. The van der Waals surface area contributed by atoms with Crippen LogP contribution in [0.1, 0.15) is 31.2 Å². The number of aromatic nitrogens is 3. The average Bonchev–Trinajstić information content (AvgIpc) is 3.53. The zero-order valence-electron chi connectivity index (χ0n) is 15.8. The fraction of sp³-hybridized carbons (Fsp3) is 0.474. The number of halogens is 2. The number of carbonyl (C=O) groups excluding carboxylic acids is 1. The maximum atomic E-state index is 14.0. The third-order valence-corrected chi connectivity index (χ3v) is 5.51. The van der Waals surface area contributed by atoms with Crippen molar-refractivity contribution >= 4 is 23.6 Å². The van der Waals surface area contributed by atoms with E-state index < -0.39 is 5.82 Å². The maximum absolute atomic E-state index is 14.0. The Hall–Kier alpha value is -2.68. The predicted molar refractivity (Wildman–Crippen MR) is 106 cm³/mol. The third kappa shape index (κ3) is 4.67. The van der Waals surface area contributed by atoms with Gasteiger partial charge in [-0.2, -0.15) is 0 Å². The molecule has 2 aliphatic rings. The Bertz CT molecular complexity index is 950. The van der Waals surface area contributed by atoms with Crippen molar-refractivity contribution in [2.45, 2.75) is 44.3 Å². The molecular formula is C19H22ClFN6O2. The van der Waals surface area contributed by atoms with Gasteiger partial charge in [-0.05, 0) is 37.8 Å². The molecule has 10 heteroatoms. The Balaban J connectivity index is 1.44. The number of amides is 2. The molecule has 0 radical (unpaired) electrons. The monoisotopic (exact) mass is 420 g/mol.